The van der Waals surface area contributed by atoms with E-state index in [0.717, 1.165) is 57.6 Å². The van der Waals surface area contributed by atoms with Crippen molar-refractivity contribution < 1.29 is 4.74 Å². The molecule has 1 atom stereocenters. The van der Waals surface area contributed by atoms with Gasteiger partial charge in [-0.25, -0.2) is 9.98 Å². The van der Waals surface area contributed by atoms with Gasteiger partial charge in [-0.15, -0.1) is 0 Å². The van der Waals surface area contributed by atoms with Crippen molar-refractivity contribution in [2.45, 2.75) is 45.6 Å². The summed E-state index contributed by atoms with van der Waals surface area (Å²) < 4.78 is 5.51. The van der Waals surface area contributed by atoms with E-state index in [2.05, 4.69) is 46.2 Å². The summed E-state index contributed by atoms with van der Waals surface area (Å²) >= 11 is 0. The molecule has 2 fully saturated rings. The van der Waals surface area contributed by atoms with E-state index in [4.69, 9.17) is 9.73 Å². The van der Waals surface area contributed by atoms with Gasteiger partial charge in [0.05, 0.1) is 13.2 Å². The van der Waals surface area contributed by atoms with Crippen LogP contribution in [-0.4, -0.2) is 62.3 Å². The van der Waals surface area contributed by atoms with Gasteiger partial charge < -0.3 is 19.9 Å². The van der Waals surface area contributed by atoms with Crippen LogP contribution in [0.4, 0.5) is 5.82 Å². The van der Waals surface area contributed by atoms with Crippen LogP contribution in [0.15, 0.2) is 23.3 Å². The van der Waals surface area contributed by atoms with Crippen LogP contribution in [0.1, 0.15) is 44.6 Å². The van der Waals surface area contributed by atoms with Crippen molar-refractivity contribution >= 4 is 11.8 Å². The second-order valence-corrected chi connectivity index (χ2v) is 7.70. The van der Waals surface area contributed by atoms with Gasteiger partial charge in [0.25, 0.3) is 0 Å². The second-order valence-electron chi connectivity index (χ2n) is 7.70. The van der Waals surface area contributed by atoms with Crippen molar-refractivity contribution in [3.8, 4) is 0 Å². The van der Waals surface area contributed by atoms with E-state index in [1.165, 1.54) is 31.2 Å². The average Bonchev–Trinajstić information content (AvgIpc) is 3.04. The molecular weight excluding hydrogens is 338 g/mol. The lowest BCUT2D eigenvalue weighted by Gasteiger charge is -2.24. The van der Waals surface area contributed by atoms with E-state index >= 15 is 0 Å². The number of pyridine rings is 1. The number of aliphatic imine (C=N–C) groups is 1. The molecule has 6 nitrogen and oxygen atoms in total. The van der Waals surface area contributed by atoms with E-state index in [-0.39, 0.29) is 0 Å². The van der Waals surface area contributed by atoms with E-state index in [1.54, 1.807) is 0 Å². The lowest BCUT2D eigenvalue weighted by molar-refractivity contribution is 0.181. The number of anilines is 1. The van der Waals surface area contributed by atoms with E-state index in [9.17, 15) is 0 Å². The van der Waals surface area contributed by atoms with Crippen molar-refractivity contribution in [2.24, 2.45) is 10.9 Å². The Balaban J connectivity index is 1.63. The Hall–Kier alpha value is -1.82. The molecule has 3 heterocycles. The summed E-state index contributed by atoms with van der Waals surface area (Å²) in [6.45, 7) is 8.66. The predicted molar refractivity (Wildman–Crippen MR) is 111 cm³/mol. The number of hydrogen-bond acceptors (Lipinski definition) is 4. The zero-order chi connectivity index (χ0) is 18.9. The topological polar surface area (TPSA) is 53.0 Å². The molecule has 1 N–H and O–H groups in total. The maximum atomic E-state index is 5.51. The minimum Gasteiger partial charge on any atom is -0.381 e. The number of guanidine groups is 1. The summed E-state index contributed by atoms with van der Waals surface area (Å²) in [6.07, 6.45) is 8.29. The maximum absolute atomic E-state index is 5.51. The minimum absolute atomic E-state index is 0.606. The first kappa shape index (κ1) is 19.9. The van der Waals surface area contributed by atoms with Gasteiger partial charge in [0, 0.05) is 51.9 Å². The fourth-order valence-electron chi connectivity index (χ4n) is 3.87. The van der Waals surface area contributed by atoms with Crippen LogP contribution >= 0.6 is 0 Å². The standard InChI is InChI=1S/C21H35N5O/c1-3-22-21(25(2)16-19-9-13-27-17-19)24-15-18-8-10-23-20(14-18)26-11-6-4-5-7-12-26/h8,10,14,19H,3-7,9,11-13,15-17H2,1-2H3,(H,22,24). The van der Waals surface area contributed by atoms with E-state index in [0.29, 0.717) is 12.5 Å². The molecule has 2 aliphatic rings. The molecule has 1 aromatic heterocycles. The summed E-state index contributed by atoms with van der Waals surface area (Å²) in [6, 6.07) is 4.29. The molecule has 0 amide bonds. The van der Waals surface area contributed by atoms with Crippen LogP contribution in [0.3, 0.4) is 0 Å². The van der Waals surface area contributed by atoms with Crippen LogP contribution < -0.4 is 10.2 Å². The number of nitrogens with zero attached hydrogens (tertiary/aromatic N) is 4. The zero-order valence-electron chi connectivity index (χ0n) is 17.0. The molecule has 6 heteroatoms. The largest absolute Gasteiger partial charge is 0.381 e. The molecule has 27 heavy (non-hydrogen) atoms. The Kier molecular flexibility index (Phi) is 7.75. The maximum Gasteiger partial charge on any atom is 0.193 e. The van der Waals surface area contributed by atoms with Crippen molar-refractivity contribution in [3.05, 3.63) is 23.9 Å². The molecule has 0 radical (unpaired) electrons. The lowest BCUT2D eigenvalue weighted by atomic mass is 10.1. The fraction of sp³-hybridized carbons (Fsp3) is 0.714. The third-order valence-corrected chi connectivity index (χ3v) is 5.40. The van der Waals surface area contributed by atoms with Crippen molar-refractivity contribution in [3.63, 3.8) is 0 Å². The highest BCUT2D eigenvalue weighted by atomic mass is 16.5. The third-order valence-electron chi connectivity index (χ3n) is 5.40. The molecular formula is C21H35N5O. The molecule has 0 aliphatic carbocycles. The first-order valence-corrected chi connectivity index (χ1v) is 10.5. The molecule has 2 aliphatic heterocycles. The predicted octanol–water partition coefficient (Wildman–Crippen LogP) is 2.90. The Bertz CT molecular complexity index is 592. The highest BCUT2D eigenvalue weighted by molar-refractivity contribution is 5.79. The molecule has 0 saturated carbocycles. The summed E-state index contributed by atoms with van der Waals surface area (Å²) in [7, 11) is 2.12. The molecule has 2 saturated heterocycles. The van der Waals surface area contributed by atoms with Crippen molar-refractivity contribution in [1.29, 1.82) is 0 Å². The summed E-state index contributed by atoms with van der Waals surface area (Å²) in [4.78, 5) is 14.1. The van der Waals surface area contributed by atoms with Crippen LogP contribution in [0.2, 0.25) is 0 Å². The molecule has 0 spiro atoms. The molecule has 3 rings (SSSR count). The van der Waals surface area contributed by atoms with Gasteiger partial charge in [-0.3, -0.25) is 0 Å². The number of rotatable bonds is 6. The van der Waals surface area contributed by atoms with Crippen molar-refractivity contribution in [1.82, 2.24) is 15.2 Å². The van der Waals surface area contributed by atoms with Gasteiger partial charge in [-0.05, 0) is 43.9 Å². The van der Waals surface area contributed by atoms with Gasteiger partial charge in [0.1, 0.15) is 5.82 Å². The first-order chi connectivity index (χ1) is 13.3. The fourth-order valence-corrected chi connectivity index (χ4v) is 3.87. The number of aromatic nitrogens is 1. The van der Waals surface area contributed by atoms with Crippen LogP contribution in [0.5, 0.6) is 0 Å². The molecule has 1 unspecified atom stereocenters. The van der Waals surface area contributed by atoms with Gasteiger partial charge >= 0.3 is 0 Å². The lowest BCUT2D eigenvalue weighted by Crippen LogP contribution is -2.41. The van der Waals surface area contributed by atoms with Crippen LogP contribution in [0, 0.1) is 5.92 Å². The smallest absolute Gasteiger partial charge is 0.193 e. The molecule has 0 bridgehead atoms. The van der Waals surface area contributed by atoms with E-state index in [1.807, 2.05) is 6.20 Å². The van der Waals surface area contributed by atoms with Gasteiger partial charge in [-0.2, -0.15) is 0 Å². The third kappa shape index (κ3) is 6.09. The zero-order valence-corrected chi connectivity index (χ0v) is 17.0. The first-order valence-electron chi connectivity index (χ1n) is 10.5. The molecule has 150 valence electrons. The van der Waals surface area contributed by atoms with Gasteiger partial charge in [-0.1, -0.05) is 12.8 Å². The molecule has 1 aromatic rings. The number of hydrogen-bond donors (Lipinski definition) is 1. The molecule has 0 aromatic carbocycles. The highest BCUT2D eigenvalue weighted by Crippen LogP contribution is 2.19. The average molecular weight is 374 g/mol. The summed E-state index contributed by atoms with van der Waals surface area (Å²) in [5.41, 5.74) is 1.22. The quantitative estimate of drug-likeness (QED) is 0.614. The normalized spacial score (nSPS) is 21.2. The Morgan fingerprint density at radius 3 is 2.85 bits per heavy atom. The SMILES string of the molecule is CCNC(=NCc1ccnc(N2CCCCCC2)c1)N(C)CC1CCOC1. The van der Waals surface area contributed by atoms with Crippen LogP contribution in [-0.2, 0) is 11.3 Å². The number of ether oxygens (including phenoxy) is 1. The van der Waals surface area contributed by atoms with Gasteiger partial charge in [0.2, 0.25) is 0 Å². The van der Waals surface area contributed by atoms with Gasteiger partial charge in [0.15, 0.2) is 5.96 Å². The Labute approximate surface area is 164 Å². The Morgan fingerprint density at radius 1 is 1.33 bits per heavy atom. The summed E-state index contributed by atoms with van der Waals surface area (Å²) in [5.74, 6) is 2.68. The van der Waals surface area contributed by atoms with E-state index < -0.39 is 0 Å². The monoisotopic (exact) mass is 373 g/mol. The minimum atomic E-state index is 0.606. The van der Waals surface area contributed by atoms with Crippen molar-refractivity contribution in [2.75, 3.05) is 51.3 Å². The summed E-state index contributed by atoms with van der Waals surface area (Å²) in [5, 5.41) is 3.42. The van der Waals surface area contributed by atoms with Crippen LogP contribution in [0.25, 0.3) is 0 Å². The number of nitrogens with one attached hydrogen (secondary N) is 1. The Morgan fingerprint density at radius 2 is 2.15 bits per heavy atom. The highest BCUT2D eigenvalue weighted by Gasteiger charge is 2.19. The second kappa shape index (κ2) is 10.5.